The normalized spacial score (nSPS) is 14.7. The van der Waals surface area contributed by atoms with E-state index < -0.39 is 23.7 Å². The van der Waals surface area contributed by atoms with Gasteiger partial charge >= 0.3 is 6.18 Å². The Kier molecular flexibility index (Phi) is 8.36. The van der Waals surface area contributed by atoms with Crippen molar-refractivity contribution in [2.24, 2.45) is 0 Å². The minimum atomic E-state index is -4.42. The van der Waals surface area contributed by atoms with Crippen molar-refractivity contribution in [3.63, 3.8) is 0 Å². The number of amides is 2. The van der Waals surface area contributed by atoms with E-state index >= 15 is 0 Å². The second-order valence-corrected chi connectivity index (χ2v) is 8.37. The van der Waals surface area contributed by atoms with Crippen LogP contribution in [0.3, 0.4) is 0 Å². The van der Waals surface area contributed by atoms with E-state index in [4.69, 9.17) is 0 Å². The van der Waals surface area contributed by atoms with Gasteiger partial charge < -0.3 is 15.5 Å². The maximum absolute atomic E-state index is 12.9. The molecule has 3 rings (SSSR count). The summed E-state index contributed by atoms with van der Waals surface area (Å²) in [4.78, 5) is 27.7. The average Bonchev–Trinajstić information content (AvgIpc) is 3.31. The molecular formula is C25H30F3N3O2. The minimum absolute atomic E-state index is 0.0987. The number of nitrogens with zero attached hydrogens (tertiary/aromatic N) is 1. The van der Waals surface area contributed by atoms with Crippen LogP contribution in [0.2, 0.25) is 0 Å². The highest BCUT2D eigenvalue weighted by molar-refractivity contribution is 5.97. The van der Waals surface area contributed by atoms with Crippen LogP contribution in [0, 0.1) is 0 Å². The molecule has 0 aromatic heterocycles. The van der Waals surface area contributed by atoms with Crippen molar-refractivity contribution in [2.75, 3.05) is 23.3 Å². The van der Waals surface area contributed by atoms with Gasteiger partial charge in [0.15, 0.2) is 0 Å². The first-order chi connectivity index (χ1) is 15.8. The summed E-state index contributed by atoms with van der Waals surface area (Å²) in [5.41, 5.74) is 1.42. The van der Waals surface area contributed by atoms with E-state index in [1.54, 1.807) is 0 Å². The average molecular weight is 462 g/mol. The molecule has 178 valence electrons. The molecule has 0 spiro atoms. The second kappa shape index (κ2) is 11.2. The molecule has 0 bridgehead atoms. The maximum Gasteiger partial charge on any atom is 0.416 e. The maximum atomic E-state index is 12.9. The van der Waals surface area contributed by atoms with E-state index in [0.29, 0.717) is 17.7 Å². The van der Waals surface area contributed by atoms with Crippen LogP contribution in [0.25, 0.3) is 0 Å². The Labute approximate surface area is 192 Å². The highest BCUT2D eigenvalue weighted by Crippen LogP contribution is 2.29. The lowest BCUT2D eigenvalue weighted by Crippen LogP contribution is -2.44. The zero-order valence-corrected chi connectivity index (χ0v) is 18.8. The summed E-state index contributed by atoms with van der Waals surface area (Å²) in [5, 5.41) is 5.65. The molecule has 1 atom stereocenters. The summed E-state index contributed by atoms with van der Waals surface area (Å²) >= 11 is 0. The Balaban J connectivity index is 1.62. The van der Waals surface area contributed by atoms with Crippen molar-refractivity contribution in [1.82, 2.24) is 5.32 Å². The number of rotatable bonds is 9. The summed E-state index contributed by atoms with van der Waals surface area (Å²) < 4.78 is 38.2. The zero-order valence-electron chi connectivity index (χ0n) is 18.8. The van der Waals surface area contributed by atoms with Crippen LogP contribution in [0.1, 0.15) is 50.2 Å². The molecule has 0 aliphatic carbocycles. The quantitative estimate of drug-likeness (QED) is 0.542. The Morgan fingerprint density at radius 3 is 2.39 bits per heavy atom. The predicted octanol–water partition coefficient (Wildman–Crippen LogP) is 5.16. The third kappa shape index (κ3) is 7.23. The molecule has 1 unspecified atom stereocenters. The van der Waals surface area contributed by atoms with Crippen LogP contribution >= 0.6 is 0 Å². The number of anilines is 2. The van der Waals surface area contributed by atoms with Crippen LogP contribution in [0.5, 0.6) is 0 Å². The van der Waals surface area contributed by atoms with Gasteiger partial charge in [-0.05, 0) is 55.2 Å². The van der Waals surface area contributed by atoms with Crippen LogP contribution in [-0.4, -0.2) is 30.9 Å². The predicted molar refractivity (Wildman–Crippen MR) is 123 cm³/mol. The first kappa shape index (κ1) is 24.6. The van der Waals surface area contributed by atoms with Crippen molar-refractivity contribution in [3.05, 3.63) is 59.7 Å². The van der Waals surface area contributed by atoms with Crippen molar-refractivity contribution in [3.8, 4) is 0 Å². The molecule has 0 saturated carbocycles. The first-order valence-corrected chi connectivity index (χ1v) is 11.4. The number of hydrogen-bond donors (Lipinski definition) is 2. The molecule has 33 heavy (non-hydrogen) atoms. The molecule has 2 aromatic carbocycles. The van der Waals surface area contributed by atoms with Gasteiger partial charge in [0.05, 0.1) is 12.0 Å². The molecule has 0 radical (unpaired) electrons. The number of unbranched alkanes of at least 4 members (excludes halogenated alkanes) is 1. The summed E-state index contributed by atoms with van der Waals surface area (Å²) in [6, 6.07) is 11.4. The van der Waals surface area contributed by atoms with Gasteiger partial charge in [0.25, 0.3) is 0 Å². The largest absolute Gasteiger partial charge is 0.416 e. The Morgan fingerprint density at radius 1 is 1.06 bits per heavy atom. The number of benzene rings is 2. The van der Waals surface area contributed by atoms with Crippen LogP contribution in [0.15, 0.2) is 48.5 Å². The summed E-state index contributed by atoms with van der Waals surface area (Å²) in [6.45, 7) is 3.99. The standard InChI is InChI=1S/C25H30F3N3O2/c1-2-3-9-22(30-23(32)16-18-10-12-19(13-11-18)25(26,27)28)24(33)29-20-7-6-8-21(17-20)31-14-4-5-15-31/h6-8,10-13,17,22H,2-5,9,14-16H2,1H3,(H,29,33)(H,30,32). The third-order valence-corrected chi connectivity index (χ3v) is 5.73. The van der Waals surface area contributed by atoms with Crippen LogP contribution in [-0.2, 0) is 22.2 Å². The topological polar surface area (TPSA) is 61.4 Å². The van der Waals surface area contributed by atoms with E-state index in [1.807, 2.05) is 31.2 Å². The SMILES string of the molecule is CCCCC(NC(=O)Cc1ccc(C(F)(F)F)cc1)C(=O)Nc1cccc(N2CCCC2)c1. The summed E-state index contributed by atoms with van der Waals surface area (Å²) in [7, 11) is 0. The fourth-order valence-corrected chi connectivity index (χ4v) is 3.90. The molecule has 1 saturated heterocycles. The van der Waals surface area contributed by atoms with Crippen LogP contribution < -0.4 is 15.5 Å². The van der Waals surface area contributed by atoms with Crippen LogP contribution in [0.4, 0.5) is 24.5 Å². The Morgan fingerprint density at radius 2 is 1.76 bits per heavy atom. The van der Waals surface area contributed by atoms with E-state index in [1.165, 1.54) is 12.1 Å². The molecule has 1 heterocycles. The highest BCUT2D eigenvalue weighted by atomic mass is 19.4. The Bertz CT molecular complexity index is 939. The van der Waals surface area contributed by atoms with Gasteiger partial charge in [-0.25, -0.2) is 0 Å². The number of halogens is 3. The highest BCUT2D eigenvalue weighted by Gasteiger charge is 2.30. The van der Waals surface area contributed by atoms with Gasteiger partial charge in [0, 0.05) is 24.5 Å². The van der Waals surface area contributed by atoms with Gasteiger partial charge in [-0.15, -0.1) is 0 Å². The van der Waals surface area contributed by atoms with Gasteiger partial charge in [0.1, 0.15) is 6.04 Å². The number of nitrogens with one attached hydrogen (secondary N) is 2. The lowest BCUT2D eigenvalue weighted by Gasteiger charge is -2.21. The van der Waals surface area contributed by atoms with Gasteiger partial charge in [0.2, 0.25) is 11.8 Å². The van der Waals surface area contributed by atoms with Crippen molar-refractivity contribution < 1.29 is 22.8 Å². The fraction of sp³-hybridized carbons (Fsp3) is 0.440. The monoisotopic (exact) mass is 461 g/mol. The molecule has 5 nitrogen and oxygen atoms in total. The van der Waals surface area contributed by atoms with E-state index in [9.17, 15) is 22.8 Å². The molecule has 2 N–H and O–H groups in total. The van der Waals surface area contributed by atoms with Crippen molar-refractivity contribution in [1.29, 1.82) is 0 Å². The molecule has 1 fully saturated rings. The number of hydrogen-bond acceptors (Lipinski definition) is 3. The number of alkyl halides is 3. The van der Waals surface area contributed by atoms with Gasteiger partial charge in [-0.2, -0.15) is 13.2 Å². The van der Waals surface area contributed by atoms with Gasteiger partial charge in [-0.1, -0.05) is 38.0 Å². The zero-order chi connectivity index (χ0) is 23.8. The second-order valence-electron chi connectivity index (χ2n) is 8.37. The third-order valence-electron chi connectivity index (χ3n) is 5.73. The van der Waals surface area contributed by atoms with E-state index in [-0.39, 0.29) is 12.3 Å². The first-order valence-electron chi connectivity index (χ1n) is 11.4. The lowest BCUT2D eigenvalue weighted by molar-refractivity contribution is -0.137. The Hall–Kier alpha value is -3.03. The lowest BCUT2D eigenvalue weighted by atomic mass is 10.1. The minimum Gasteiger partial charge on any atom is -0.371 e. The smallest absolute Gasteiger partial charge is 0.371 e. The summed E-state index contributed by atoms with van der Waals surface area (Å²) in [6.07, 6.45) is -0.113. The van der Waals surface area contributed by atoms with E-state index in [0.717, 1.165) is 56.6 Å². The summed E-state index contributed by atoms with van der Waals surface area (Å²) in [5.74, 6) is -0.709. The fourth-order valence-electron chi connectivity index (χ4n) is 3.90. The number of carbonyl (C=O) groups excluding carboxylic acids is 2. The molecule has 1 aliphatic rings. The molecule has 2 amide bonds. The van der Waals surface area contributed by atoms with Gasteiger partial charge in [-0.3, -0.25) is 9.59 Å². The molecular weight excluding hydrogens is 431 g/mol. The molecule has 2 aromatic rings. The van der Waals surface area contributed by atoms with E-state index in [2.05, 4.69) is 15.5 Å². The molecule has 8 heteroatoms. The number of carbonyl (C=O) groups is 2. The van der Waals surface area contributed by atoms with Crippen molar-refractivity contribution in [2.45, 2.75) is 57.7 Å². The molecule has 1 aliphatic heterocycles. The van der Waals surface area contributed by atoms with Crippen molar-refractivity contribution >= 4 is 23.2 Å².